The van der Waals surface area contributed by atoms with Gasteiger partial charge in [0.2, 0.25) is 5.91 Å². The zero-order chi connectivity index (χ0) is 36.6. The molecule has 3 aliphatic carbocycles. The van der Waals surface area contributed by atoms with Gasteiger partial charge in [0.05, 0.1) is 12.0 Å². The normalized spacial score (nSPS) is 28.1. The molecule has 3 aromatic carbocycles. The zero-order valence-electron chi connectivity index (χ0n) is 27.7. The number of thiophene rings is 3. The van der Waals surface area contributed by atoms with E-state index in [1.807, 2.05) is 41.7 Å². The average Bonchev–Trinajstić information content (AvgIpc) is 4.03. The van der Waals surface area contributed by atoms with Crippen LogP contribution in [-0.2, 0) is 30.6 Å². The number of fused-ring (bicyclic) bond motifs is 4. The van der Waals surface area contributed by atoms with Crippen molar-refractivity contribution in [2.75, 3.05) is 26.4 Å². The van der Waals surface area contributed by atoms with Gasteiger partial charge in [0.25, 0.3) is 0 Å². The number of amides is 1. The molecular weight excluding hydrogens is 912 g/mol. The van der Waals surface area contributed by atoms with Crippen molar-refractivity contribution in [3.05, 3.63) is 101 Å². The van der Waals surface area contributed by atoms with Crippen LogP contribution in [0.2, 0.25) is 0 Å². The number of esters is 1. The summed E-state index contributed by atoms with van der Waals surface area (Å²) in [5.74, 6) is 0.405. The van der Waals surface area contributed by atoms with Gasteiger partial charge >= 0.3 is 5.97 Å². The van der Waals surface area contributed by atoms with Gasteiger partial charge in [-0.05, 0) is 114 Å². The molecule has 1 aliphatic heterocycles. The molecular formula is C39H35Br3N2O5S3. The lowest BCUT2D eigenvalue weighted by atomic mass is 10.0. The molecule has 4 fully saturated rings. The highest BCUT2D eigenvalue weighted by atomic mass is 79.9. The van der Waals surface area contributed by atoms with Crippen LogP contribution >= 0.6 is 81.8 Å². The Bertz CT molecular complexity index is 2380. The van der Waals surface area contributed by atoms with Crippen molar-refractivity contribution in [1.82, 2.24) is 0 Å². The number of cyclic esters (lactones) is 1. The van der Waals surface area contributed by atoms with E-state index in [0.717, 1.165) is 41.2 Å². The second kappa shape index (κ2) is 13.8. The Hall–Kier alpha value is -2.20. The van der Waals surface area contributed by atoms with E-state index >= 15 is 0 Å². The second-order valence-electron chi connectivity index (χ2n) is 14.2. The maximum Gasteiger partial charge on any atom is 0.317 e. The van der Waals surface area contributed by atoms with Crippen LogP contribution in [0.1, 0.15) is 33.9 Å². The van der Waals surface area contributed by atoms with Crippen molar-refractivity contribution in [2.24, 2.45) is 29.2 Å². The molecule has 6 aromatic rings. The number of halogens is 3. The van der Waals surface area contributed by atoms with Crippen molar-refractivity contribution in [2.45, 2.75) is 35.5 Å². The van der Waals surface area contributed by atoms with Crippen LogP contribution in [0, 0.1) is 17.8 Å². The zero-order valence-corrected chi connectivity index (χ0v) is 34.9. The van der Waals surface area contributed by atoms with Gasteiger partial charge in [-0.1, -0.05) is 47.8 Å². The highest BCUT2D eigenvalue weighted by Gasteiger charge is 2.67. The van der Waals surface area contributed by atoms with Gasteiger partial charge in [-0.3, -0.25) is 9.59 Å². The third-order valence-electron chi connectivity index (χ3n) is 11.3. The van der Waals surface area contributed by atoms with Gasteiger partial charge < -0.3 is 26.4 Å². The fourth-order valence-corrected chi connectivity index (χ4v) is 12.9. The fourth-order valence-electron chi connectivity index (χ4n) is 7.76. The highest BCUT2D eigenvalue weighted by Crippen LogP contribution is 2.61. The van der Waals surface area contributed by atoms with Crippen molar-refractivity contribution < 1.29 is 24.5 Å². The molecule has 1 amide bonds. The molecule has 6 N–H and O–H groups in total. The number of ether oxygens (including phenoxy) is 1. The number of benzene rings is 3. The molecule has 270 valence electrons. The van der Waals surface area contributed by atoms with Crippen LogP contribution in [0.25, 0.3) is 30.3 Å². The summed E-state index contributed by atoms with van der Waals surface area (Å²) in [5, 5.41) is 22.1. The molecule has 52 heavy (non-hydrogen) atoms. The Morgan fingerprint density at radius 2 is 1.23 bits per heavy atom. The van der Waals surface area contributed by atoms with Gasteiger partial charge in [-0.15, -0.1) is 34.0 Å². The van der Waals surface area contributed by atoms with E-state index in [-0.39, 0.29) is 41.8 Å². The number of carbonyl (C=O) groups excluding carboxylic acids is 2. The van der Waals surface area contributed by atoms with Crippen LogP contribution in [0.4, 0.5) is 0 Å². The number of aliphatic hydroxyl groups is 2. The standard InChI is InChI=1S/C13H12BrNO2S.C13H14BrNOS.C13H9BrO2S/c14-9-1-2-10-7(3-9)4-11(18-10)13(12(15)17)5-8(13)6-16;14-10-1-2-11-8(3-10)4-12(17-11)13(7-15)5-9(13)6-16;14-9-1-2-10-7(3-9)4-11(17-10)13-5-8(13)6-16-12(13)15/h1-4,8,16H,5-6H2,(H2,15,17);1-4,9,16H,5-7,15H2;1-4,8H,5-6H2. The monoisotopic (exact) mass is 944 g/mol. The number of nitrogens with two attached hydrogens (primary N) is 2. The van der Waals surface area contributed by atoms with Gasteiger partial charge in [-0.25, -0.2) is 0 Å². The molecule has 3 saturated carbocycles. The Morgan fingerprint density at radius 1 is 0.731 bits per heavy atom. The summed E-state index contributed by atoms with van der Waals surface area (Å²) in [6, 6.07) is 25.0. The van der Waals surface area contributed by atoms with E-state index in [1.54, 1.807) is 22.7 Å². The van der Waals surface area contributed by atoms with E-state index in [2.05, 4.69) is 90.3 Å². The van der Waals surface area contributed by atoms with E-state index in [1.165, 1.54) is 29.9 Å². The average molecular weight is 948 g/mol. The molecule has 3 aromatic heterocycles. The minimum Gasteiger partial charge on any atom is -0.465 e. The van der Waals surface area contributed by atoms with Crippen molar-refractivity contribution in [3.63, 3.8) is 0 Å². The number of hydrogen-bond acceptors (Lipinski definition) is 9. The van der Waals surface area contributed by atoms with E-state index in [4.69, 9.17) is 16.2 Å². The number of rotatable bonds is 7. The summed E-state index contributed by atoms with van der Waals surface area (Å²) >= 11 is 15.5. The maximum atomic E-state index is 11.9. The first kappa shape index (κ1) is 36.8. The molecule has 1 saturated heterocycles. The smallest absolute Gasteiger partial charge is 0.317 e. The Morgan fingerprint density at radius 3 is 1.65 bits per heavy atom. The van der Waals surface area contributed by atoms with Crippen molar-refractivity contribution >= 4 is 124 Å². The van der Waals surface area contributed by atoms with Gasteiger partial charge in [0.1, 0.15) is 5.41 Å². The molecule has 6 unspecified atom stereocenters. The minimum absolute atomic E-state index is 0.0148. The lowest BCUT2D eigenvalue weighted by Gasteiger charge is -2.11. The van der Waals surface area contributed by atoms with Gasteiger partial charge in [0.15, 0.2) is 0 Å². The predicted octanol–water partition coefficient (Wildman–Crippen LogP) is 8.75. The summed E-state index contributed by atoms with van der Waals surface area (Å²) in [7, 11) is 0. The summed E-state index contributed by atoms with van der Waals surface area (Å²) in [5.41, 5.74) is 10.6. The summed E-state index contributed by atoms with van der Waals surface area (Å²) in [6.07, 6.45) is 2.65. The van der Waals surface area contributed by atoms with E-state index < -0.39 is 5.41 Å². The number of aliphatic hydroxyl groups excluding tert-OH is 2. The largest absolute Gasteiger partial charge is 0.465 e. The first-order valence-electron chi connectivity index (χ1n) is 16.9. The molecule has 6 atom stereocenters. The van der Waals surface area contributed by atoms with Crippen LogP contribution < -0.4 is 11.5 Å². The Labute approximate surface area is 337 Å². The summed E-state index contributed by atoms with van der Waals surface area (Å²) in [6.45, 7) is 1.50. The predicted molar refractivity (Wildman–Crippen MR) is 221 cm³/mol. The second-order valence-corrected chi connectivity index (χ2v) is 20.2. The number of carbonyl (C=O) groups is 2. The molecule has 4 heterocycles. The molecule has 0 radical (unpaired) electrons. The van der Waals surface area contributed by atoms with Gasteiger partial charge in [0, 0.05) is 79.2 Å². The van der Waals surface area contributed by atoms with E-state index in [0.29, 0.717) is 31.4 Å². The summed E-state index contributed by atoms with van der Waals surface area (Å²) in [4.78, 5) is 27.0. The third kappa shape index (κ3) is 6.21. The van der Waals surface area contributed by atoms with Crippen LogP contribution in [-0.4, -0.2) is 48.5 Å². The lowest BCUT2D eigenvalue weighted by molar-refractivity contribution is -0.142. The highest BCUT2D eigenvalue weighted by molar-refractivity contribution is 9.11. The van der Waals surface area contributed by atoms with Crippen molar-refractivity contribution in [3.8, 4) is 0 Å². The molecule has 4 aliphatic rings. The van der Waals surface area contributed by atoms with Crippen LogP contribution in [0.5, 0.6) is 0 Å². The Kier molecular flexibility index (Phi) is 9.77. The maximum absolute atomic E-state index is 11.9. The fraction of sp³-hybridized carbons (Fsp3) is 0.333. The molecule has 13 heteroatoms. The molecule has 0 spiro atoms. The minimum atomic E-state index is -0.634. The molecule has 7 nitrogen and oxygen atoms in total. The van der Waals surface area contributed by atoms with Crippen molar-refractivity contribution in [1.29, 1.82) is 0 Å². The van der Waals surface area contributed by atoms with E-state index in [9.17, 15) is 19.8 Å². The number of hydrogen-bond donors (Lipinski definition) is 4. The molecule has 0 bridgehead atoms. The molecule has 10 rings (SSSR count). The third-order valence-corrected chi connectivity index (χ3v) is 16.7. The van der Waals surface area contributed by atoms with Crippen LogP contribution in [0.3, 0.4) is 0 Å². The topological polar surface area (TPSA) is 136 Å². The SMILES string of the molecule is NC(=O)C1(c2cc3cc(Br)ccc3s2)CC1CO.NCC1(c2cc3cc(Br)ccc3s2)CC1CO.O=C1OCC2CC12c1cc2cc(Br)ccc2s1. The number of primary amides is 1. The lowest BCUT2D eigenvalue weighted by Crippen LogP contribution is -2.30. The van der Waals surface area contributed by atoms with Crippen LogP contribution in [0.15, 0.2) is 86.2 Å². The first-order valence-corrected chi connectivity index (χ1v) is 21.8. The summed E-state index contributed by atoms with van der Waals surface area (Å²) < 4.78 is 12.0. The van der Waals surface area contributed by atoms with Gasteiger partial charge in [-0.2, -0.15) is 0 Å². The Balaban J connectivity index is 0.000000112. The quantitative estimate of drug-likeness (QED) is 0.118. The first-order chi connectivity index (χ1) is 25.0.